The number of guanidine groups is 1. The van der Waals surface area contributed by atoms with Gasteiger partial charge in [0.2, 0.25) is 0 Å². The molecule has 1 aliphatic carbocycles. The number of benzene rings is 2. The molecule has 1 unspecified atom stereocenters. The minimum atomic E-state index is -0.868. The van der Waals surface area contributed by atoms with Gasteiger partial charge in [-0.15, -0.1) is 17.0 Å². The smallest absolute Gasteiger partial charge is 0.322 e. The Balaban J connectivity index is 0.00000353. The highest BCUT2D eigenvalue weighted by Gasteiger charge is 2.49. The molecule has 2 aromatic carbocycles. The zero-order valence-electron chi connectivity index (χ0n) is 22.1. The zero-order valence-corrected chi connectivity index (χ0v) is 26.1. The fourth-order valence-electron chi connectivity index (χ4n) is 5.54. The summed E-state index contributed by atoms with van der Waals surface area (Å²) in [4.78, 5) is 31.5. The highest BCUT2D eigenvalue weighted by Crippen LogP contribution is 2.50. The molecule has 1 saturated carbocycles. The topological polar surface area (TPSA) is 95.1 Å². The molecule has 5 rings (SSSR count). The Hall–Kier alpha value is -2.30. The molecule has 3 amide bonds. The molecule has 39 heavy (non-hydrogen) atoms. The summed E-state index contributed by atoms with van der Waals surface area (Å²) in [5.74, 6) is 1.49. The summed E-state index contributed by atoms with van der Waals surface area (Å²) in [6, 6.07) is 13.6. The van der Waals surface area contributed by atoms with E-state index in [2.05, 4.69) is 42.8 Å². The molecule has 3 fully saturated rings. The Labute approximate surface area is 253 Å². The van der Waals surface area contributed by atoms with E-state index in [0.29, 0.717) is 6.54 Å². The lowest BCUT2D eigenvalue weighted by atomic mass is 9.79. The number of carbonyl (C=O) groups is 2. The average Bonchev–Trinajstić information content (AvgIpc) is 3.64. The number of urea groups is 1. The van der Waals surface area contributed by atoms with Gasteiger partial charge in [-0.3, -0.25) is 10.1 Å². The van der Waals surface area contributed by atoms with Crippen molar-refractivity contribution in [3.05, 3.63) is 63.1 Å². The van der Waals surface area contributed by atoms with Crippen LogP contribution < -0.4 is 20.7 Å². The van der Waals surface area contributed by atoms with E-state index in [9.17, 15) is 9.59 Å². The van der Waals surface area contributed by atoms with Crippen LogP contribution in [-0.4, -0.2) is 55.1 Å². The number of amides is 3. The molecule has 0 aromatic heterocycles. The monoisotopic (exact) mass is 681 g/mol. The van der Waals surface area contributed by atoms with E-state index in [0.717, 1.165) is 72.1 Å². The van der Waals surface area contributed by atoms with Crippen molar-refractivity contribution in [2.75, 3.05) is 26.7 Å². The maximum Gasteiger partial charge on any atom is 0.322 e. The fourth-order valence-corrected chi connectivity index (χ4v) is 6.41. The largest absolute Gasteiger partial charge is 0.497 e. The Morgan fingerprint density at radius 2 is 1.87 bits per heavy atom. The molecule has 210 valence electrons. The summed E-state index contributed by atoms with van der Waals surface area (Å²) in [6.07, 6.45) is 3.69. The van der Waals surface area contributed by atoms with Crippen LogP contribution in [0.15, 0.2) is 51.9 Å². The maximum absolute atomic E-state index is 12.5. The van der Waals surface area contributed by atoms with Crippen LogP contribution in [0.3, 0.4) is 0 Å². The third-order valence-electron chi connectivity index (χ3n) is 8.19. The second-order valence-corrected chi connectivity index (χ2v) is 11.9. The van der Waals surface area contributed by atoms with Gasteiger partial charge in [-0.25, -0.2) is 9.79 Å². The van der Waals surface area contributed by atoms with Crippen LogP contribution in [0.2, 0.25) is 5.02 Å². The predicted octanol–water partition coefficient (Wildman–Crippen LogP) is 5.18. The van der Waals surface area contributed by atoms with Crippen LogP contribution in [0.25, 0.3) is 0 Å². The molecule has 8 nitrogen and oxygen atoms in total. The molecule has 11 heteroatoms. The average molecular weight is 684 g/mol. The van der Waals surface area contributed by atoms with E-state index in [-0.39, 0.29) is 34.2 Å². The molecule has 0 radical (unpaired) electrons. The van der Waals surface area contributed by atoms with Gasteiger partial charge >= 0.3 is 6.03 Å². The molecule has 2 saturated heterocycles. The third kappa shape index (κ3) is 6.38. The molecule has 2 aliphatic heterocycles. The number of piperidine rings is 1. The minimum absolute atomic E-state index is 0. The number of nitrogens with one attached hydrogen (secondary N) is 3. The second kappa shape index (κ2) is 12.1. The lowest BCUT2D eigenvalue weighted by molar-refractivity contribution is -0.125. The quantitative estimate of drug-likeness (QED) is 0.213. The zero-order chi connectivity index (χ0) is 26.9. The van der Waals surface area contributed by atoms with E-state index in [1.165, 1.54) is 5.56 Å². The Morgan fingerprint density at radius 1 is 1.18 bits per heavy atom. The predicted molar refractivity (Wildman–Crippen MR) is 162 cm³/mol. The summed E-state index contributed by atoms with van der Waals surface area (Å²) in [5, 5.41) is 9.68. The highest BCUT2D eigenvalue weighted by atomic mass is 79.9. The normalized spacial score (nSPS) is 22.6. The third-order valence-corrected chi connectivity index (χ3v) is 9.00. The van der Waals surface area contributed by atoms with Gasteiger partial charge in [0.15, 0.2) is 5.96 Å². The number of rotatable bonds is 7. The number of aliphatic imine (C=N–C) groups is 1. The van der Waals surface area contributed by atoms with Crippen molar-refractivity contribution in [1.29, 1.82) is 0 Å². The lowest BCUT2D eigenvalue weighted by Crippen LogP contribution is -2.55. The molecule has 2 aromatic rings. The van der Waals surface area contributed by atoms with Crippen molar-refractivity contribution in [3.8, 4) is 5.75 Å². The van der Waals surface area contributed by atoms with Gasteiger partial charge in [-0.2, -0.15) is 0 Å². The van der Waals surface area contributed by atoms with Crippen molar-refractivity contribution in [2.24, 2.45) is 10.9 Å². The number of nitrogens with zero attached hydrogens (tertiary/aromatic N) is 2. The Morgan fingerprint density at radius 3 is 2.44 bits per heavy atom. The van der Waals surface area contributed by atoms with Crippen LogP contribution in [0.1, 0.15) is 43.7 Å². The maximum atomic E-state index is 12.5. The van der Waals surface area contributed by atoms with E-state index in [1.807, 2.05) is 43.3 Å². The van der Waals surface area contributed by atoms with Crippen LogP contribution in [0.4, 0.5) is 4.79 Å². The summed E-state index contributed by atoms with van der Waals surface area (Å²) < 4.78 is 6.25. The Kier molecular flexibility index (Phi) is 9.18. The number of methoxy groups -OCH3 is 1. The van der Waals surface area contributed by atoms with Crippen LogP contribution in [-0.2, 0) is 16.8 Å². The summed E-state index contributed by atoms with van der Waals surface area (Å²) in [6.45, 7) is 4.58. The van der Waals surface area contributed by atoms with Gasteiger partial charge in [0.1, 0.15) is 11.3 Å². The first-order chi connectivity index (χ1) is 18.2. The molecule has 2 heterocycles. The molecule has 0 spiro atoms. The van der Waals surface area contributed by atoms with Gasteiger partial charge in [0, 0.05) is 34.5 Å². The second-order valence-electron chi connectivity index (χ2n) is 10.6. The fraction of sp³-hybridized carbons (Fsp3) is 0.464. The van der Waals surface area contributed by atoms with E-state index in [1.54, 1.807) is 7.11 Å². The van der Waals surface area contributed by atoms with E-state index >= 15 is 0 Å². The molecule has 3 N–H and O–H groups in total. The van der Waals surface area contributed by atoms with Gasteiger partial charge in [0.05, 0.1) is 13.7 Å². The van der Waals surface area contributed by atoms with Crippen LogP contribution in [0, 0.1) is 5.92 Å². The lowest BCUT2D eigenvalue weighted by Gasteiger charge is -2.40. The van der Waals surface area contributed by atoms with E-state index in [4.69, 9.17) is 21.3 Å². The first-order valence-electron chi connectivity index (χ1n) is 13.0. The van der Waals surface area contributed by atoms with Crippen molar-refractivity contribution in [3.63, 3.8) is 0 Å². The standard InChI is InChI=1S/C28H33BrClN5O3.BrH/c1-27(24(36)33-26(37)34-27)19-9-13-35(14-10-19)25(31-16-18-3-6-21(38-2)7-4-18)32-17-28(11-12-28)22-8-5-20(29)15-23(22)30;/h3-8,15,19H,9-14,16-17H2,1-2H3,(H,31,32)(H2,33,34,36,37);1H. The van der Waals surface area contributed by atoms with E-state index < -0.39 is 11.6 Å². The van der Waals surface area contributed by atoms with Crippen molar-refractivity contribution in [2.45, 2.75) is 50.1 Å². The SMILES string of the molecule is Br.COc1ccc(CN=C(NCC2(c3ccc(Br)cc3Cl)CC2)N2CCC(C3(C)NC(=O)NC3=O)CC2)cc1. The van der Waals surface area contributed by atoms with Crippen LogP contribution in [0.5, 0.6) is 5.75 Å². The number of hydrogen-bond acceptors (Lipinski definition) is 4. The number of hydrogen-bond donors (Lipinski definition) is 3. The molecule has 0 bridgehead atoms. The number of carbonyl (C=O) groups excluding carboxylic acids is 2. The number of imide groups is 1. The number of ether oxygens (including phenoxy) is 1. The molecular weight excluding hydrogens is 650 g/mol. The summed E-state index contributed by atoms with van der Waals surface area (Å²) in [7, 11) is 1.66. The summed E-state index contributed by atoms with van der Waals surface area (Å²) in [5.41, 5.74) is 1.39. The number of halogens is 3. The van der Waals surface area contributed by atoms with Gasteiger partial charge in [-0.1, -0.05) is 45.7 Å². The first kappa shape index (κ1) is 29.7. The molecular formula is C28H34Br2ClN5O3. The van der Waals surface area contributed by atoms with Crippen molar-refractivity contribution < 1.29 is 14.3 Å². The molecule has 3 aliphatic rings. The van der Waals surface area contributed by atoms with Crippen molar-refractivity contribution >= 4 is 62.4 Å². The first-order valence-corrected chi connectivity index (χ1v) is 14.1. The Bertz CT molecular complexity index is 1250. The van der Waals surface area contributed by atoms with Crippen LogP contribution >= 0.6 is 44.5 Å². The highest BCUT2D eigenvalue weighted by molar-refractivity contribution is 9.10. The van der Waals surface area contributed by atoms with Gasteiger partial charge < -0.3 is 20.3 Å². The van der Waals surface area contributed by atoms with Gasteiger partial charge in [0.25, 0.3) is 5.91 Å². The van der Waals surface area contributed by atoms with Gasteiger partial charge in [-0.05, 0) is 73.9 Å². The van der Waals surface area contributed by atoms with Crippen molar-refractivity contribution in [1.82, 2.24) is 20.9 Å². The number of likely N-dealkylation sites (tertiary alicyclic amines) is 1. The summed E-state index contributed by atoms with van der Waals surface area (Å²) >= 11 is 10.1. The molecule has 1 atom stereocenters. The minimum Gasteiger partial charge on any atom is -0.497 e.